The third-order valence-corrected chi connectivity index (χ3v) is 5.86. The molecule has 0 amide bonds. The lowest BCUT2D eigenvalue weighted by Crippen LogP contribution is -2.08. The second-order valence-electron chi connectivity index (χ2n) is 8.11. The average Bonchev–Trinajstić information content (AvgIpc) is 2.86. The fourth-order valence-electron chi connectivity index (χ4n) is 3.73. The molecule has 8 heteroatoms. The van der Waals surface area contributed by atoms with Gasteiger partial charge in [-0.25, -0.2) is 0 Å². The predicted octanol–water partition coefficient (Wildman–Crippen LogP) is 7.68. The molecule has 0 saturated heterocycles. The monoisotopic (exact) mass is 511 g/mol. The quantitative estimate of drug-likeness (QED) is 0.263. The third kappa shape index (κ3) is 6.23. The number of hydrogen-bond donors (Lipinski definition) is 1. The molecular formula is C28H21ClF3NO3. The molecule has 0 radical (unpaired) electrons. The zero-order valence-electron chi connectivity index (χ0n) is 18.9. The fourth-order valence-corrected chi connectivity index (χ4v) is 4.05. The minimum atomic E-state index is -4.54. The predicted molar refractivity (Wildman–Crippen MR) is 132 cm³/mol. The van der Waals surface area contributed by atoms with Gasteiger partial charge in [0.05, 0.1) is 12.0 Å². The largest absolute Gasteiger partial charge is 0.489 e. The molecule has 184 valence electrons. The number of carboxylic acids is 1. The summed E-state index contributed by atoms with van der Waals surface area (Å²) in [4.78, 5) is 15.0. The Kier molecular flexibility index (Phi) is 7.60. The van der Waals surface area contributed by atoms with Crippen LogP contribution in [0, 0.1) is 0 Å². The van der Waals surface area contributed by atoms with Gasteiger partial charge in [0.1, 0.15) is 12.4 Å². The molecule has 36 heavy (non-hydrogen) atoms. The van der Waals surface area contributed by atoms with Crippen molar-refractivity contribution in [1.82, 2.24) is 4.98 Å². The van der Waals surface area contributed by atoms with Crippen LogP contribution in [0.25, 0.3) is 22.3 Å². The number of benzene rings is 3. The first-order chi connectivity index (χ1) is 17.2. The van der Waals surface area contributed by atoms with E-state index in [4.69, 9.17) is 21.4 Å². The van der Waals surface area contributed by atoms with E-state index in [1.54, 1.807) is 60.8 Å². The minimum Gasteiger partial charge on any atom is -0.489 e. The third-order valence-electron chi connectivity index (χ3n) is 5.55. The Bertz CT molecular complexity index is 1360. The van der Waals surface area contributed by atoms with Crippen LogP contribution in [0.5, 0.6) is 5.75 Å². The van der Waals surface area contributed by atoms with Gasteiger partial charge in [0, 0.05) is 34.5 Å². The summed E-state index contributed by atoms with van der Waals surface area (Å²) in [5, 5.41) is 9.23. The molecule has 4 rings (SSSR count). The highest BCUT2D eigenvalue weighted by atomic mass is 35.5. The summed E-state index contributed by atoms with van der Waals surface area (Å²) in [6.07, 6.45) is -2.57. The lowest BCUT2D eigenvalue weighted by atomic mass is 9.99. The number of aryl methyl sites for hydroxylation is 1. The van der Waals surface area contributed by atoms with E-state index in [0.29, 0.717) is 28.3 Å². The maximum atomic E-state index is 13.7. The Balaban J connectivity index is 1.48. The summed E-state index contributed by atoms with van der Waals surface area (Å²) in [7, 11) is 0. The molecular weight excluding hydrogens is 491 g/mol. The van der Waals surface area contributed by atoms with Gasteiger partial charge in [-0.05, 0) is 41.0 Å². The van der Waals surface area contributed by atoms with E-state index < -0.39 is 17.7 Å². The molecule has 4 nitrogen and oxygen atoms in total. The van der Waals surface area contributed by atoms with Crippen molar-refractivity contribution in [2.45, 2.75) is 25.6 Å². The summed E-state index contributed by atoms with van der Waals surface area (Å²) in [6, 6.07) is 21.2. The van der Waals surface area contributed by atoms with E-state index in [1.807, 2.05) is 6.07 Å². The van der Waals surface area contributed by atoms with Gasteiger partial charge in [-0.2, -0.15) is 13.2 Å². The van der Waals surface area contributed by atoms with Gasteiger partial charge >= 0.3 is 12.1 Å². The molecule has 0 aliphatic carbocycles. The number of nitrogens with zero attached hydrogens (tertiary/aromatic N) is 1. The summed E-state index contributed by atoms with van der Waals surface area (Å²) in [6.45, 7) is 0.0361. The summed E-state index contributed by atoms with van der Waals surface area (Å²) in [5.41, 5.74) is 2.64. The molecule has 0 fully saturated rings. The van der Waals surface area contributed by atoms with E-state index in [1.165, 1.54) is 12.1 Å². The molecule has 0 spiro atoms. The van der Waals surface area contributed by atoms with E-state index in [-0.39, 0.29) is 24.3 Å². The number of halogens is 4. The van der Waals surface area contributed by atoms with Crippen molar-refractivity contribution in [3.8, 4) is 28.0 Å². The number of carboxylic acid groups (broad SMARTS) is 1. The summed E-state index contributed by atoms with van der Waals surface area (Å²) in [5.74, 6) is -0.785. The van der Waals surface area contributed by atoms with Crippen molar-refractivity contribution >= 4 is 17.6 Å². The summed E-state index contributed by atoms with van der Waals surface area (Å²) >= 11 is 6.45. The van der Waals surface area contributed by atoms with Crippen LogP contribution in [0.1, 0.15) is 23.2 Å². The Morgan fingerprint density at radius 2 is 1.67 bits per heavy atom. The molecule has 0 aliphatic rings. The highest BCUT2D eigenvalue weighted by Gasteiger charge is 2.34. The standard InChI is InChI=1S/C28H21ClF3NO3/c29-26-14-18(6-11-24(26)20-7-8-21(33-16-20)9-13-27(34)35)17-36-22-10-12-23(19-4-2-1-3-5-19)25(15-22)28(30,31)32/h1-8,10-12,14-16H,9,13,17H2,(H,34,35). The fraction of sp³-hybridized carbons (Fsp3) is 0.143. The Morgan fingerprint density at radius 3 is 2.31 bits per heavy atom. The van der Waals surface area contributed by atoms with Crippen LogP contribution in [0.4, 0.5) is 13.2 Å². The number of rotatable bonds is 8. The van der Waals surface area contributed by atoms with E-state index >= 15 is 0 Å². The molecule has 0 atom stereocenters. The van der Waals surface area contributed by atoms with Crippen molar-refractivity contribution in [2.24, 2.45) is 0 Å². The van der Waals surface area contributed by atoms with Crippen LogP contribution in [0.2, 0.25) is 5.02 Å². The zero-order valence-corrected chi connectivity index (χ0v) is 19.7. The van der Waals surface area contributed by atoms with Crippen LogP contribution in [-0.4, -0.2) is 16.1 Å². The first kappa shape index (κ1) is 25.3. The van der Waals surface area contributed by atoms with Crippen LogP contribution in [-0.2, 0) is 24.0 Å². The van der Waals surface area contributed by atoms with Crippen molar-refractivity contribution < 1.29 is 27.8 Å². The van der Waals surface area contributed by atoms with Crippen molar-refractivity contribution in [3.63, 3.8) is 0 Å². The van der Waals surface area contributed by atoms with E-state index in [0.717, 1.165) is 17.2 Å². The molecule has 4 aromatic rings. The van der Waals surface area contributed by atoms with E-state index in [9.17, 15) is 18.0 Å². The molecule has 0 saturated carbocycles. The van der Waals surface area contributed by atoms with Crippen LogP contribution in [0.15, 0.2) is 85.1 Å². The second-order valence-corrected chi connectivity index (χ2v) is 8.51. The van der Waals surface area contributed by atoms with Crippen molar-refractivity contribution in [3.05, 3.63) is 107 Å². The van der Waals surface area contributed by atoms with Crippen molar-refractivity contribution in [1.29, 1.82) is 0 Å². The number of carbonyl (C=O) groups is 1. The van der Waals surface area contributed by atoms with Gasteiger partial charge in [0.15, 0.2) is 0 Å². The van der Waals surface area contributed by atoms with Crippen molar-refractivity contribution in [2.75, 3.05) is 0 Å². The minimum absolute atomic E-state index is 0.00124. The number of pyridine rings is 1. The molecule has 3 aromatic carbocycles. The Labute approximate surface area is 211 Å². The molecule has 0 bridgehead atoms. The van der Waals surface area contributed by atoms with Gasteiger partial charge in [0.2, 0.25) is 0 Å². The second kappa shape index (κ2) is 10.8. The first-order valence-electron chi connectivity index (χ1n) is 11.1. The lowest BCUT2D eigenvalue weighted by molar-refractivity contribution is -0.138. The maximum Gasteiger partial charge on any atom is 0.417 e. The Hall–Kier alpha value is -3.84. The lowest BCUT2D eigenvalue weighted by Gasteiger charge is -2.16. The highest BCUT2D eigenvalue weighted by molar-refractivity contribution is 6.33. The van der Waals surface area contributed by atoms with Gasteiger partial charge < -0.3 is 9.84 Å². The summed E-state index contributed by atoms with van der Waals surface area (Å²) < 4.78 is 46.9. The number of ether oxygens (including phenoxy) is 1. The Morgan fingerprint density at radius 1 is 0.917 bits per heavy atom. The van der Waals surface area contributed by atoms with Crippen LogP contribution < -0.4 is 4.74 Å². The number of aliphatic carboxylic acids is 1. The maximum absolute atomic E-state index is 13.7. The topological polar surface area (TPSA) is 59.4 Å². The van der Waals surface area contributed by atoms with Crippen LogP contribution in [0.3, 0.4) is 0 Å². The molecule has 1 aromatic heterocycles. The normalized spacial score (nSPS) is 11.3. The smallest absolute Gasteiger partial charge is 0.417 e. The SMILES string of the molecule is O=C(O)CCc1ccc(-c2ccc(COc3ccc(-c4ccccc4)c(C(F)(F)F)c3)cc2Cl)cn1. The van der Waals surface area contributed by atoms with Crippen LogP contribution >= 0.6 is 11.6 Å². The van der Waals surface area contributed by atoms with E-state index in [2.05, 4.69) is 4.98 Å². The first-order valence-corrected chi connectivity index (χ1v) is 11.4. The number of alkyl halides is 3. The van der Waals surface area contributed by atoms with Gasteiger partial charge in [0.25, 0.3) is 0 Å². The number of hydrogen-bond acceptors (Lipinski definition) is 3. The van der Waals surface area contributed by atoms with Gasteiger partial charge in [-0.15, -0.1) is 0 Å². The average molecular weight is 512 g/mol. The molecule has 1 heterocycles. The molecule has 0 unspecified atom stereocenters. The highest BCUT2D eigenvalue weighted by Crippen LogP contribution is 2.39. The molecule has 1 N–H and O–H groups in total. The zero-order chi connectivity index (χ0) is 25.7. The van der Waals surface area contributed by atoms with Gasteiger partial charge in [-0.3, -0.25) is 9.78 Å². The molecule has 0 aliphatic heterocycles. The number of aromatic nitrogens is 1. The van der Waals surface area contributed by atoms with Gasteiger partial charge in [-0.1, -0.05) is 66.2 Å².